The number of Topliss-reactive ketones (excluding diaryl/α,β-unsaturated/α-hetero) is 1. The Labute approximate surface area is 144 Å². The lowest BCUT2D eigenvalue weighted by Gasteiger charge is -2.30. The molecule has 1 aliphatic carbocycles. The van der Waals surface area contributed by atoms with Crippen LogP contribution in [0.1, 0.15) is 30.9 Å². The normalized spacial score (nSPS) is 20.1. The van der Waals surface area contributed by atoms with Gasteiger partial charge in [0.25, 0.3) is 0 Å². The van der Waals surface area contributed by atoms with E-state index in [0.29, 0.717) is 24.2 Å². The van der Waals surface area contributed by atoms with E-state index in [-0.39, 0.29) is 17.2 Å². The fraction of sp³-hybridized carbons (Fsp3) is 0.211. The molecule has 0 amide bonds. The van der Waals surface area contributed by atoms with Crippen LogP contribution >= 0.6 is 0 Å². The highest BCUT2D eigenvalue weighted by molar-refractivity contribution is 5.99. The molecule has 6 nitrogen and oxygen atoms in total. The minimum absolute atomic E-state index is 0.00677. The Hall–Kier alpha value is -3.33. The zero-order valence-electron chi connectivity index (χ0n) is 13.5. The van der Waals surface area contributed by atoms with Gasteiger partial charge in [0.15, 0.2) is 5.78 Å². The number of carbonyl (C=O) groups is 1. The first-order valence-corrected chi connectivity index (χ1v) is 8.14. The summed E-state index contributed by atoms with van der Waals surface area (Å²) in [7, 11) is 0. The summed E-state index contributed by atoms with van der Waals surface area (Å²) in [5.74, 6) is 0.108. The summed E-state index contributed by atoms with van der Waals surface area (Å²) in [6.45, 7) is 0. The minimum atomic E-state index is -0.552. The molecular weight excluding hydrogens is 316 g/mol. The van der Waals surface area contributed by atoms with Gasteiger partial charge in [0.1, 0.15) is 17.4 Å². The van der Waals surface area contributed by atoms with Crippen LogP contribution in [0, 0.1) is 11.3 Å². The molecule has 0 saturated heterocycles. The van der Waals surface area contributed by atoms with E-state index in [0.717, 1.165) is 17.8 Å². The molecule has 0 spiro atoms. The Morgan fingerprint density at radius 3 is 2.80 bits per heavy atom. The third-order valence-electron chi connectivity index (χ3n) is 4.57. The zero-order chi connectivity index (χ0) is 17.4. The third-order valence-corrected chi connectivity index (χ3v) is 4.57. The van der Waals surface area contributed by atoms with Crippen LogP contribution < -0.4 is 5.73 Å². The van der Waals surface area contributed by atoms with E-state index in [1.54, 1.807) is 10.9 Å². The Morgan fingerprint density at radius 2 is 2.04 bits per heavy atom. The number of nitrogens with two attached hydrogens (primary N) is 1. The van der Waals surface area contributed by atoms with Crippen LogP contribution in [-0.2, 0) is 9.53 Å². The first kappa shape index (κ1) is 15.2. The first-order chi connectivity index (χ1) is 12.2. The molecule has 1 aromatic carbocycles. The minimum Gasteiger partial charge on any atom is -0.444 e. The number of allylic oxidation sites excluding steroid dienone is 3. The largest absolute Gasteiger partial charge is 0.444 e. The molecule has 25 heavy (non-hydrogen) atoms. The quantitative estimate of drug-likeness (QED) is 0.912. The van der Waals surface area contributed by atoms with Crippen LogP contribution in [-0.4, -0.2) is 15.6 Å². The lowest BCUT2D eigenvalue weighted by molar-refractivity contribution is -0.116. The van der Waals surface area contributed by atoms with Gasteiger partial charge in [0.05, 0.1) is 17.3 Å². The molecule has 2 aromatic rings. The summed E-state index contributed by atoms with van der Waals surface area (Å²) in [6.07, 6.45) is 3.50. The second-order valence-corrected chi connectivity index (χ2v) is 6.04. The molecule has 0 bridgehead atoms. The number of aromatic nitrogens is 2. The molecule has 1 atom stereocenters. The van der Waals surface area contributed by atoms with E-state index in [9.17, 15) is 10.1 Å². The summed E-state index contributed by atoms with van der Waals surface area (Å²) in [5.41, 5.74) is 8.37. The molecule has 2 N–H and O–H groups in total. The van der Waals surface area contributed by atoms with Crippen LogP contribution in [0.5, 0.6) is 0 Å². The van der Waals surface area contributed by atoms with Gasteiger partial charge in [-0.05, 0) is 24.6 Å². The van der Waals surface area contributed by atoms with Crippen LogP contribution in [0.3, 0.4) is 0 Å². The molecule has 0 fully saturated rings. The van der Waals surface area contributed by atoms with Gasteiger partial charge in [-0.2, -0.15) is 10.4 Å². The third kappa shape index (κ3) is 2.41. The molecule has 124 valence electrons. The van der Waals surface area contributed by atoms with Crippen LogP contribution in [0.15, 0.2) is 65.4 Å². The molecule has 0 radical (unpaired) electrons. The monoisotopic (exact) mass is 332 g/mol. The van der Waals surface area contributed by atoms with Crippen LogP contribution in [0.4, 0.5) is 0 Å². The smallest absolute Gasteiger partial charge is 0.205 e. The number of nitriles is 1. The Balaban J connectivity index is 1.92. The van der Waals surface area contributed by atoms with Gasteiger partial charge in [-0.25, -0.2) is 4.68 Å². The van der Waals surface area contributed by atoms with Gasteiger partial charge in [-0.3, -0.25) is 4.79 Å². The SMILES string of the molecule is N#CC1=C(N)OC2=C(C(=O)CCC2)[C@@H]1c1ccnn1-c1ccccc1. The molecule has 0 saturated carbocycles. The molecule has 2 heterocycles. The van der Waals surface area contributed by atoms with Crippen molar-refractivity contribution in [3.05, 3.63) is 71.1 Å². The summed E-state index contributed by atoms with van der Waals surface area (Å²) >= 11 is 0. The van der Waals surface area contributed by atoms with E-state index in [1.807, 2.05) is 36.4 Å². The molecule has 1 aliphatic heterocycles. The van der Waals surface area contributed by atoms with Crippen molar-refractivity contribution < 1.29 is 9.53 Å². The second-order valence-electron chi connectivity index (χ2n) is 6.04. The Bertz CT molecular complexity index is 947. The average molecular weight is 332 g/mol. The number of carbonyl (C=O) groups excluding carboxylic acids is 1. The number of hydrogen-bond donors (Lipinski definition) is 1. The number of para-hydroxylation sites is 1. The highest BCUT2D eigenvalue weighted by Crippen LogP contribution is 2.43. The van der Waals surface area contributed by atoms with Gasteiger partial charge < -0.3 is 10.5 Å². The predicted molar refractivity (Wildman–Crippen MR) is 90.1 cm³/mol. The van der Waals surface area contributed by atoms with Gasteiger partial charge in [-0.15, -0.1) is 0 Å². The first-order valence-electron chi connectivity index (χ1n) is 8.14. The van der Waals surface area contributed by atoms with Crippen molar-refractivity contribution in [3.63, 3.8) is 0 Å². The maximum absolute atomic E-state index is 12.6. The molecule has 0 unspecified atom stereocenters. The van der Waals surface area contributed by atoms with Gasteiger partial charge >= 0.3 is 0 Å². The number of nitrogens with zero attached hydrogens (tertiary/aromatic N) is 3. The number of ether oxygens (including phenoxy) is 1. The van der Waals surface area contributed by atoms with Gasteiger partial charge in [0.2, 0.25) is 5.88 Å². The zero-order valence-corrected chi connectivity index (χ0v) is 13.5. The van der Waals surface area contributed by atoms with Crippen molar-refractivity contribution in [1.82, 2.24) is 9.78 Å². The molecule has 6 heteroatoms. The van der Waals surface area contributed by atoms with Crippen molar-refractivity contribution in [2.45, 2.75) is 25.2 Å². The van der Waals surface area contributed by atoms with E-state index < -0.39 is 5.92 Å². The topological polar surface area (TPSA) is 93.9 Å². The van der Waals surface area contributed by atoms with Crippen molar-refractivity contribution in [2.24, 2.45) is 5.73 Å². The van der Waals surface area contributed by atoms with E-state index >= 15 is 0 Å². The van der Waals surface area contributed by atoms with Gasteiger partial charge in [-0.1, -0.05) is 18.2 Å². The fourth-order valence-corrected chi connectivity index (χ4v) is 3.47. The maximum Gasteiger partial charge on any atom is 0.205 e. The Kier molecular flexibility index (Phi) is 3.62. The predicted octanol–water partition coefficient (Wildman–Crippen LogP) is 2.69. The summed E-state index contributed by atoms with van der Waals surface area (Å²) in [5, 5.41) is 14.0. The average Bonchev–Trinajstić information content (AvgIpc) is 3.11. The summed E-state index contributed by atoms with van der Waals surface area (Å²) in [6, 6.07) is 13.5. The number of rotatable bonds is 2. The number of hydrogen-bond acceptors (Lipinski definition) is 5. The molecule has 2 aliphatic rings. The van der Waals surface area contributed by atoms with E-state index in [1.165, 1.54) is 0 Å². The summed E-state index contributed by atoms with van der Waals surface area (Å²) < 4.78 is 7.35. The number of benzene rings is 1. The van der Waals surface area contributed by atoms with Crippen LogP contribution in [0.2, 0.25) is 0 Å². The van der Waals surface area contributed by atoms with Crippen molar-refractivity contribution in [2.75, 3.05) is 0 Å². The summed E-state index contributed by atoms with van der Waals surface area (Å²) in [4.78, 5) is 12.6. The van der Waals surface area contributed by atoms with Crippen molar-refractivity contribution >= 4 is 5.78 Å². The van der Waals surface area contributed by atoms with E-state index in [2.05, 4.69) is 11.2 Å². The lowest BCUT2D eigenvalue weighted by atomic mass is 9.79. The van der Waals surface area contributed by atoms with E-state index in [4.69, 9.17) is 10.5 Å². The Morgan fingerprint density at radius 1 is 1.24 bits per heavy atom. The van der Waals surface area contributed by atoms with Crippen molar-refractivity contribution in [3.8, 4) is 11.8 Å². The highest BCUT2D eigenvalue weighted by Gasteiger charge is 2.39. The molecule has 4 rings (SSSR count). The van der Waals surface area contributed by atoms with Gasteiger partial charge in [0, 0.05) is 24.6 Å². The molecule has 1 aromatic heterocycles. The number of ketones is 1. The molecular formula is C19H16N4O2. The van der Waals surface area contributed by atoms with Crippen molar-refractivity contribution in [1.29, 1.82) is 5.26 Å². The fourth-order valence-electron chi connectivity index (χ4n) is 3.47. The lowest BCUT2D eigenvalue weighted by Crippen LogP contribution is -2.28. The standard InChI is InChI=1S/C19H16N4O2/c20-11-13-17(18-15(24)7-4-8-16(18)25-19(13)21)14-9-10-22-23(14)12-5-2-1-3-6-12/h1-3,5-6,9-10,17H,4,7-8,21H2/t17-/m0/s1. The maximum atomic E-state index is 12.6. The second kappa shape index (κ2) is 5.95. The van der Waals surface area contributed by atoms with Crippen LogP contribution in [0.25, 0.3) is 5.69 Å². The highest BCUT2D eigenvalue weighted by atomic mass is 16.5.